The van der Waals surface area contributed by atoms with Gasteiger partial charge in [0.1, 0.15) is 11.5 Å². The minimum Gasteiger partial charge on any atom is -0.465 e. The molecule has 0 aliphatic carbocycles. The lowest BCUT2D eigenvalue weighted by atomic mass is 10.2. The molecule has 2 atom stereocenters. The quantitative estimate of drug-likeness (QED) is 0.875. The molecule has 2 heterocycles. The standard InChI is InChI=1S/C17H30N2O2/c1-12(2)7-18-8-16-6-17(21-15(16)5)10-19-9-14(4)20-11-13(19)3/h6,12-14,18H,7-11H2,1-5H3. The molecular formula is C17H30N2O2. The number of furan rings is 1. The molecule has 0 spiro atoms. The zero-order valence-electron chi connectivity index (χ0n) is 14.1. The van der Waals surface area contributed by atoms with Gasteiger partial charge in [-0.2, -0.15) is 0 Å². The van der Waals surface area contributed by atoms with Crippen molar-refractivity contribution in [3.8, 4) is 0 Å². The number of hydrogen-bond donors (Lipinski definition) is 1. The molecule has 21 heavy (non-hydrogen) atoms. The van der Waals surface area contributed by atoms with Gasteiger partial charge in [-0.15, -0.1) is 0 Å². The summed E-state index contributed by atoms with van der Waals surface area (Å²) in [6.07, 6.45) is 0.310. The van der Waals surface area contributed by atoms with Crippen molar-refractivity contribution in [1.29, 1.82) is 0 Å². The Balaban J connectivity index is 1.91. The van der Waals surface area contributed by atoms with Gasteiger partial charge in [-0.05, 0) is 39.3 Å². The first-order valence-corrected chi connectivity index (χ1v) is 8.10. The first-order valence-electron chi connectivity index (χ1n) is 8.10. The predicted molar refractivity (Wildman–Crippen MR) is 85.3 cm³/mol. The Labute approximate surface area is 128 Å². The topological polar surface area (TPSA) is 37.6 Å². The fraction of sp³-hybridized carbons (Fsp3) is 0.765. The summed E-state index contributed by atoms with van der Waals surface area (Å²) < 4.78 is 11.6. The molecule has 1 aromatic rings. The molecule has 2 unspecified atom stereocenters. The largest absolute Gasteiger partial charge is 0.465 e. The van der Waals surface area contributed by atoms with E-state index in [1.807, 2.05) is 0 Å². The highest BCUT2D eigenvalue weighted by atomic mass is 16.5. The van der Waals surface area contributed by atoms with Crippen molar-refractivity contribution in [2.24, 2.45) is 5.92 Å². The molecule has 0 saturated carbocycles. The summed E-state index contributed by atoms with van der Waals surface area (Å²) >= 11 is 0. The average molecular weight is 294 g/mol. The molecule has 0 aromatic carbocycles. The molecule has 2 rings (SSSR count). The maximum atomic E-state index is 5.94. The van der Waals surface area contributed by atoms with Crippen molar-refractivity contribution in [3.63, 3.8) is 0 Å². The Hall–Kier alpha value is -0.840. The molecule has 4 heteroatoms. The third-order valence-corrected chi connectivity index (χ3v) is 4.04. The second-order valence-corrected chi connectivity index (χ2v) is 6.74. The highest BCUT2D eigenvalue weighted by molar-refractivity contribution is 5.20. The first kappa shape index (κ1) is 16.5. The Kier molecular flexibility index (Phi) is 5.85. The van der Waals surface area contributed by atoms with Crippen LogP contribution in [0.2, 0.25) is 0 Å². The summed E-state index contributed by atoms with van der Waals surface area (Å²) in [5.41, 5.74) is 1.28. The molecule has 1 fully saturated rings. The summed E-state index contributed by atoms with van der Waals surface area (Å²) in [4.78, 5) is 2.44. The molecule has 0 bridgehead atoms. The van der Waals surface area contributed by atoms with Crippen LogP contribution in [0.25, 0.3) is 0 Å². The van der Waals surface area contributed by atoms with Crippen molar-refractivity contribution in [3.05, 3.63) is 23.2 Å². The van der Waals surface area contributed by atoms with E-state index in [0.29, 0.717) is 18.1 Å². The fourth-order valence-electron chi connectivity index (χ4n) is 2.73. The van der Waals surface area contributed by atoms with E-state index in [1.54, 1.807) is 0 Å². The summed E-state index contributed by atoms with van der Waals surface area (Å²) in [7, 11) is 0. The average Bonchev–Trinajstić information content (AvgIpc) is 2.74. The van der Waals surface area contributed by atoms with E-state index in [0.717, 1.165) is 44.3 Å². The van der Waals surface area contributed by atoms with Crippen LogP contribution in [-0.4, -0.2) is 36.7 Å². The highest BCUT2D eigenvalue weighted by Crippen LogP contribution is 2.20. The first-order chi connectivity index (χ1) is 9.95. The maximum absolute atomic E-state index is 5.94. The van der Waals surface area contributed by atoms with Crippen molar-refractivity contribution >= 4 is 0 Å². The highest BCUT2D eigenvalue weighted by Gasteiger charge is 2.24. The van der Waals surface area contributed by atoms with Crippen LogP contribution in [-0.2, 0) is 17.8 Å². The van der Waals surface area contributed by atoms with Crippen LogP contribution in [0.3, 0.4) is 0 Å². The van der Waals surface area contributed by atoms with Gasteiger partial charge in [0, 0.05) is 24.7 Å². The van der Waals surface area contributed by atoms with Gasteiger partial charge in [0.05, 0.1) is 19.3 Å². The van der Waals surface area contributed by atoms with Gasteiger partial charge < -0.3 is 14.5 Å². The fourth-order valence-corrected chi connectivity index (χ4v) is 2.73. The lowest BCUT2D eigenvalue weighted by Gasteiger charge is -2.36. The van der Waals surface area contributed by atoms with E-state index >= 15 is 0 Å². The van der Waals surface area contributed by atoms with Crippen molar-refractivity contribution in [2.75, 3.05) is 19.7 Å². The Bertz CT molecular complexity index is 442. The molecule has 1 saturated heterocycles. The zero-order chi connectivity index (χ0) is 15.4. The smallest absolute Gasteiger partial charge is 0.118 e. The van der Waals surface area contributed by atoms with Gasteiger partial charge in [0.2, 0.25) is 0 Å². The predicted octanol–water partition coefficient (Wildman–Crippen LogP) is 2.94. The second-order valence-electron chi connectivity index (χ2n) is 6.74. The van der Waals surface area contributed by atoms with Gasteiger partial charge in [-0.25, -0.2) is 0 Å². The number of aryl methyl sites for hydroxylation is 1. The van der Waals surface area contributed by atoms with Crippen LogP contribution >= 0.6 is 0 Å². The lowest BCUT2D eigenvalue weighted by Crippen LogP contribution is -2.46. The SMILES string of the molecule is Cc1oc(CN2CC(C)OCC2C)cc1CNCC(C)C. The summed E-state index contributed by atoms with van der Waals surface area (Å²) in [5.74, 6) is 2.78. The van der Waals surface area contributed by atoms with Crippen molar-refractivity contribution in [1.82, 2.24) is 10.2 Å². The van der Waals surface area contributed by atoms with Gasteiger partial charge in [-0.3, -0.25) is 4.90 Å². The number of rotatable bonds is 6. The number of morpholine rings is 1. The number of ether oxygens (including phenoxy) is 1. The van der Waals surface area contributed by atoms with Crippen LogP contribution < -0.4 is 5.32 Å². The van der Waals surface area contributed by atoms with Crippen LogP contribution in [0.1, 0.15) is 44.8 Å². The Morgan fingerprint density at radius 3 is 2.86 bits per heavy atom. The molecule has 1 aliphatic heterocycles. The van der Waals surface area contributed by atoms with Crippen molar-refractivity contribution in [2.45, 2.75) is 59.9 Å². The van der Waals surface area contributed by atoms with Gasteiger partial charge in [-0.1, -0.05) is 13.8 Å². The summed E-state index contributed by atoms with van der Waals surface area (Å²) in [5, 5.41) is 3.48. The number of hydrogen-bond acceptors (Lipinski definition) is 4. The van der Waals surface area contributed by atoms with Crippen LogP contribution in [0.15, 0.2) is 10.5 Å². The van der Waals surface area contributed by atoms with E-state index in [4.69, 9.17) is 9.15 Å². The molecule has 0 amide bonds. The molecule has 120 valence electrons. The van der Waals surface area contributed by atoms with Crippen molar-refractivity contribution < 1.29 is 9.15 Å². The minimum absolute atomic E-state index is 0.310. The molecule has 1 N–H and O–H groups in total. The molecular weight excluding hydrogens is 264 g/mol. The molecule has 1 aromatic heterocycles. The lowest BCUT2D eigenvalue weighted by molar-refractivity contribution is -0.0546. The number of nitrogens with zero attached hydrogens (tertiary/aromatic N) is 1. The van der Waals surface area contributed by atoms with E-state index in [-0.39, 0.29) is 0 Å². The molecule has 0 radical (unpaired) electrons. The van der Waals surface area contributed by atoms with Crippen LogP contribution in [0.4, 0.5) is 0 Å². The molecule has 4 nitrogen and oxygen atoms in total. The minimum atomic E-state index is 0.310. The number of nitrogens with one attached hydrogen (secondary N) is 1. The van der Waals surface area contributed by atoms with E-state index < -0.39 is 0 Å². The third kappa shape index (κ3) is 4.83. The zero-order valence-corrected chi connectivity index (χ0v) is 14.1. The maximum Gasteiger partial charge on any atom is 0.118 e. The summed E-state index contributed by atoms with van der Waals surface area (Å²) in [6.45, 7) is 15.4. The Morgan fingerprint density at radius 1 is 1.38 bits per heavy atom. The van der Waals surface area contributed by atoms with Crippen LogP contribution in [0, 0.1) is 12.8 Å². The normalized spacial score (nSPS) is 23.9. The van der Waals surface area contributed by atoms with Gasteiger partial charge in [0.15, 0.2) is 0 Å². The monoisotopic (exact) mass is 294 g/mol. The van der Waals surface area contributed by atoms with E-state index in [1.165, 1.54) is 5.56 Å². The molecule has 1 aliphatic rings. The summed E-state index contributed by atoms with van der Waals surface area (Å²) in [6, 6.07) is 2.66. The third-order valence-electron chi connectivity index (χ3n) is 4.04. The Morgan fingerprint density at radius 2 is 2.14 bits per heavy atom. The van der Waals surface area contributed by atoms with E-state index in [2.05, 4.69) is 50.9 Å². The van der Waals surface area contributed by atoms with Gasteiger partial charge in [0.25, 0.3) is 0 Å². The van der Waals surface area contributed by atoms with E-state index in [9.17, 15) is 0 Å². The second kappa shape index (κ2) is 7.43. The van der Waals surface area contributed by atoms with Crippen LogP contribution in [0.5, 0.6) is 0 Å². The van der Waals surface area contributed by atoms with Gasteiger partial charge >= 0.3 is 0 Å².